The Hall–Kier alpha value is -2.07. The van der Waals surface area contributed by atoms with E-state index >= 15 is 0 Å². The zero-order valence-corrected chi connectivity index (χ0v) is 10.2. The van der Waals surface area contributed by atoms with Crippen LogP contribution in [0, 0.1) is 0 Å². The Morgan fingerprint density at radius 3 is 2.56 bits per heavy atom. The Morgan fingerprint density at radius 1 is 1.22 bits per heavy atom. The van der Waals surface area contributed by atoms with E-state index in [-0.39, 0.29) is 11.9 Å². The molecule has 1 unspecified atom stereocenters. The van der Waals surface area contributed by atoms with Gasteiger partial charge in [0.15, 0.2) is 0 Å². The van der Waals surface area contributed by atoms with Crippen molar-refractivity contribution in [2.45, 2.75) is 19.0 Å². The first kappa shape index (κ1) is 12.4. The van der Waals surface area contributed by atoms with Crippen LogP contribution in [0.25, 0.3) is 0 Å². The minimum atomic E-state index is -0.663. The highest BCUT2D eigenvalue weighted by Gasteiger charge is 2.18. The number of nitrogens with two attached hydrogens (primary N) is 1. The van der Waals surface area contributed by atoms with E-state index in [9.17, 15) is 4.79 Å². The van der Waals surface area contributed by atoms with Crippen LogP contribution in [0.3, 0.4) is 0 Å². The zero-order chi connectivity index (χ0) is 13.0. The van der Waals surface area contributed by atoms with E-state index in [1.54, 1.807) is 12.3 Å². The Balaban J connectivity index is 2.00. The maximum atomic E-state index is 12.0. The first-order chi connectivity index (χ1) is 8.68. The van der Waals surface area contributed by atoms with E-state index in [1.807, 2.05) is 43.3 Å². The number of carbonyl (C=O) groups is 1. The topological polar surface area (TPSA) is 68.3 Å². The van der Waals surface area contributed by atoms with Crippen LogP contribution in [0.1, 0.15) is 30.3 Å². The van der Waals surface area contributed by atoms with Crippen molar-refractivity contribution in [3.05, 3.63) is 60.1 Å². The Bertz CT molecular complexity index is 494. The van der Waals surface area contributed by atoms with Crippen molar-refractivity contribution < 1.29 is 9.21 Å². The van der Waals surface area contributed by atoms with Crippen LogP contribution in [-0.4, -0.2) is 5.91 Å². The van der Waals surface area contributed by atoms with Crippen LogP contribution in [-0.2, 0) is 4.79 Å². The smallest absolute Gasteiger partial charge is 0.242 e. The van der Waals surface area contributed by atoms with Gasteiger partial charge in [-0.1, -0.05) is 30.3 Å². The molecule has 0 aliphatic heterocycles. The lowest BCUT2D eigenvalue weighted by Gasteiger charge is -2.16. The maximum Gasteiger partial charge on any atom is 0.242 e. The molecular weight excluding hydrogens is 228 g/mol. The Labute approximate surface area is 106 Å². The molecule has 0 saturated heterocycles. The SMILES string of the molecule is C[C@H](NC(=O)C(N)c1ccccc1)c1ccco1. The van der Waals surface area contributed by atoms with Crippen LogP contribution in [0.5, 0.6) is 0 Å². The van der Waals surface area contributed by atoms with E-state index in [4.69, 9.17) is 10.2 Å². The second-order valence-electron chi connectivity index (χ2n) is 4.13. The quantitative estimate of drug-likeness (QED) is 0.866. The molecule has 1 amide bonds. The average Bonchev–Trinajstić information content (AvgIpc) is 2.92. The highest BCUT2D eigenvalue weighted by molar-refractivity contribution is 5.83. The van der Waals surface area contributed by atoms with Crippen molar-refractivity contribution in [3.8, 4) is 0 Å². The summed E-state index contributed by atoms with van der Waals surface area (Å²) in [6.45, 7) is 1.86. The molecule has 0 bridgehead atoms. The molecule has 1 aromatic carbocycles. The van der Waals surface area contributed by atoms with Gasteiger partial charge in [0.25, 0.3) is 0 Å². The van der Waals surface area contributed by atoms with E-state index in [0.29, 0.717) is 5.76 Å². The fraction of sp³-hybridized carbons (Fsp3) is 0.214. The van der Waals surface area contributed by atoms with E-state index in [2.05, 4.69) is 5.32 Å². The molecule has 3 N–H and O–H groups in total. The lowest BCUT2D eigenvalue weighted by atomic mass is 10.1. The number of nitrogens with one attached hydrogen (secondary N) is 1. The number of carbonyl (C=O) groups excluding carboxylic acids is 1. The molecule has 4 heteroatoms. The summed E-state index contributed by atoms with van der Waals surface area (Å²) >= 11 is 0. The number of hydrogen-bond acceptors (Lipinski definition) is 3. The lowest BCUT2D eigenvalue weighted by molar-refractivity contribution is -0.123. The molecule has 4 nitrogen and oxygen atoms in total. The summed E-state index contributed by atoms with van der Waals surface area (Å²) in [5, 5.41) is 2.82. The molecule has 0 saturated carbocycles. The van der Waals surface area contributed by atoms with E-state index in [1.165, 1.54) is 0 Å². The van der Waals surface area contributed by atoms with Crippen molar-refractivity contribution in [1.82, 2.24) is 5.32 Å². The first-order valence-electron chi connectivity index (χ1n) is 5.83. The van der Waals surface area contributed by atoms with E-state index < -0.39 is 6.04 Å². The molecule has 0 spiro atoms. The molecule has 2 atom stereocenters. The van der Waals surface area contributed by atoms with Crippen LogP contribution < -0.4 is 11.1 Å². The third-order valence-electron chi connectivity index (χ3n) is 2.77. The monoisotopic (exact) mass is 244 g/mol. The van der Waals surface area contributed by atoms with Gasteiger partial charge in [0.2, 0.25) is 5.91 Å². The number of benzene rings is 1. The highest BCUT2D eigenvalue weighted by Crippen LogP contribution is 2.15. The highest BCUT2D eigenvalue weighted by atomic mass is 16.3. The minimum absolute atomic E-state index is 0.192. The predicted molar refractivity (Wildman–Crippen MR) is 68.6 cm³/mol. The third kappa shape index (κ3) is 2.78. The van der Waals surface area contributed by atoms with Gasteiger partial charge in [0.1, 0.15) is 11.8 Å². The zero-order valence-electron chi connectivity index (χ0n) is 10.2. The summed E-state index contributed by atoms with van der Waals surface area (Å²) in [5.74, 6) is 0.494. The summed E-state index contributed by atoms with van der Waals surface area (Å²) in [6, 6.07) is 12.0. The van der Waals surface area contributed by atoms with Gasteiger partial charge in [-0.25, -0.2) is 0 Å². The second kappa shape index (κ2) is 5.51. The molecule has 94 valence electrons. The van der Waals surface area contributed by atoms with Crippen molar-refractivity contribution in [1.29, 1.82) is 0 Å². The van der Waals surface area contributed by atoms with Gasteiger partial charge in [-0.05, 0) is 24.6 Å². The molecule has 1 aromatic heterocycles. The third-order valence-corrected chi connectivity index (χ3v) is 2.77. The van der Waals surface area contributed by atoms with Crippen LogP contribution in [0.2, 0.25) is 0 Å². The average molecular weight is 244 g/mol. The molecule has 2 rings (SSSR count). The van der Waals surface area contributed by atoms with Gasteiger partial charge in [-0.2, -0.15) is 0 Å². The summed E-state index contributed by atoms with van der Waals surface area (Å²) < 4.78 is 5.23. The number of furan rings is 1. The molecular formula is C14H16N2O2. The normalized spacial score (nSPS) is 13.9. The fourth-order valence-electron chi connectivity index (χ4n) is 1.72. The standard InChI is InChI=1S/C14H16N2O2/c1-10(12-8-5-9-18-12)16-14(17)13(15)11-6-3-2-4-7-11/h2-10,13H,15H2,1H3,(H,16,17)/t10-,13?/m0/s1. The van der Waals surface area contributed by atoms with Gasteiger partial charge in [-0.15, -0.1) is 0 Å². The second-order valence-corrected chi connectivity index (χ2v) is 4.13. The van der Waals surface area contributed by atoms with Crippen molar-refractivity contribution >= 4 is 5.91 Å². The van der Waals surface area contributed by atoms with Gasteiger partial charge >= 0.3 is 0 Å². The van der Waals surface area contributed by atoms with Gasteiger partial charge in [0, 0.05) is 0 Å². The van der Waals surface area contributed by atoms with Gasteiger partial charge in [-0.3, -0.25) is 4.79 Å². The molecule has 0 radical (unpaired) electrons. The first-order valence-corrected chi connectivity index (χ1v) is 5.83. The summed E-state index contributed by atoms with van der Waals surface area (Å²) in [7, 11) is 0. The van der Waals surface area contributed by atoms with Crippen molar-refractivity contribution in [3.63, 3.8) is 0 Å². The minimum Gasteiger partial charge on any atom is -0.467 e. The molecule has 18 heavy (non-hydrogen) atoms. The summed E-state index contributed by atoms with van der Waals surface area (Å²) in [5.41, 5.74) is 6.69. The Morgan fingerprint density at radius 2 is 1.94 bits per heavy atom. The Kier molecular flexibility index (Phi) is 3.79. The van der Waals surface area contributed by atoms with E-state index in [0.717, 1.165) is 5.56 Å². The molecule has 0 aliphatic rings. The molecule has 0 aliphatic carbocycles. The van der Waals surface area contributed by atoms with Crippen LogP contribution in [0.15, 0.2) is 53.1 Å². The number of hydrogen-bond donors (Lipinski definition) is 2. The van der Waals surface area contributed by atoms with Gasteiger partial charge < -0.3 is 15.5 Å². The predicted octanol–water partition coefficient (Wildman–Crippen LogP) is 2.16. The molecule has 2 aromatic rings. The van der Waals surface area contributed by atoms with Crippen molar-refractivity contribution in [2.75, 3.05) is 0 Å². The number of amides is 1. The van der Waals surface area contributed by atoms with Crippen LogP contribution in [0.4, 0.5) is 0 Å². The van der Waals surface area contributed by atoms with Crippen molar-refractivity contribution in [2.24, 2.45) is 5.73 Å². The largest absolute Gasteiger partial charge is 0.467 e. The molecule has 1 heterocycles. The number of rotatable bonds is 4. The lowest BCUT2D eigenvalue weighted by Crippen LogP contribution is -2.35. The summed E-state index contributed by atoms with van der Waals surface area (Å²) in [6.07, 6.45) is 1.58. The van der Waals surface area contributed by atoms with Gasteiger partial charge in [0.05, 0.1) is 12.3 Å². The maximum absolute atomic E-state index is 12.0. The molecule has 0 fully saturated rings. The van der Waals surface area contributed by atoms with Crippen LogP contribution >= 0.6 is 0 Å². The summed E-state index contributed by atoms with van der Waals surface area (Å²) in [4.78, 5) is 12.0. The fourth-order valence-corrected chi connectivity index (χ4v) is 1.72.